The maximum atomic E-state index is 11.7. The van der Waals surface area contributed by atoms with Crippen molar-refractivity contribution in [2.45, 2.75) is 56.5 Å². The second-order valence-corrected chi connectivity index (χ2v) is 8.94. The van der Waals surface area contributed by atoms with Gasteiger partial charge in [0.1, 0.15) is 0 Å². The Morgan fingerprint density at radius 1 is 1.13 bits per heavy atom. The molecule has 1 saturated carbocycles. The van der Waals surface area contributed by atoms with Crippen molar-refractivity contribution in [1.29, 1.82) is 0 Å². The number of nitrogens with zero attached hydrogens (tertiary/aromatic N) is 3. The molecule has 13 heteroatoms. The smallest absolute Gasteiger partial charge is 0.347 e. The number of aliphatic carboxylic acids is 2. The van der Waals surface area contributed by atoms with Crippen LogP contribution in [0.3, 0.4) is 0 Å². The van der Waals surface area contributed by atoms with E-state index in [1.807, 2.05) is 19.1 Å². The number of aliphatic imine (C=N–C) groups is 1. The van der Waals surface area contributed by atoms with Crippen molar-refractivity contribution in [1.82, 2.24) is 9.55 Å². The van der Waals surface area contributed by atoms with Crippen LogP contribution in [0.5, 0.6) is 11.5 Å². The minimum atomic E-state index is -2.27. The molecule has 1 fully saturated rings. The number of rotatable bonds is 7. The van der Waals surface area contributed by atoms with Gasteiger partial charge >= 0.3 is 17.6 Å². The summed E-state index contributed by atoms with van der Waals surface area (Å²) in [5.74, 6) is -2.07. The molecule has 0 bridgehead atoms. The van der Waals surface area contributed by atoms with Gasteiger partial charge in [-0.1, -0.05) is 0 Å². The van der Waals surface area contributed by atoms with Gasteiger partial charge in [0.15, 0.2) is 23.7 Å². The molecule has 0 saturated heterocycles. The van der Waals surface area contributed by atoms with Crippen molar-refractivity contribution >= 4 is 17.7 Å². The summed E-state index contributed by atoms with van der Waals surface area (Å²) in [5, 5.41) is 42.8. The molecule has 2 aliphatic rings. The van der Waals surface area contributed by atoms with E-state index in [9.17, 15) is 19.5 Å². The molecule has 1 aromatic carbocycles. The van der Waals surface area contributed by atoms with E-state index in [-0.39, 0.29) is 23.8 Å². The topological polar surface area (TPSA) is 201 Å². The quantitative estimate of drug-likeness (QED) is 0.318. The van der Waals surface area contributed by atoms with Crippen LogP contribution in [0, 0.1) is 0 Å². The first-order valence-corrected chi connectivity index (χ1v) is 11.9. The maximum Gasteiger partial charge on any atom is 0.347 e. The number of ether oxygens (including phenoxy) is 2. The number of hydrogen-bond acceptors (Lipinski definition) is 10. The fraction of sp³-hybridized carbons (Fsp3) is 0.480. The zero-order valence-corrected chi connectivity index (χ0v) is 21.1. The Kier molecular flexibility index (Phi) is 9.20. The monoisotopic (exact) mass is 533 g/mol. The maximum absolute atomic E-state index is 11.7. The van der Waals surface area contributed by atoms with E-state index >= 15 is 0 Å². The molecular formula is C25H31N3O10. The lowest BCUT2D eigenvalue weighted by Crippen LogP contribution is -2.39. The Hall–Kier alpha value is -3.81. The lowest BCUT2D eigenvalue weighted by atomic mass is 9.74. The summed E-state index contributed by atoms with van der Waals surface area (Å²) in [5.41, 5.74) is 3.34. The Bertz CT molecular complexity index is 1260. The second kappa shape index (κ2) is 12.2. The van der Waals surface area contributed by atoms with Gasteiger partial charge in [-0.05, 0) is 43.9 Å². The first kappa shape index (κ1) is 28.8. The fourth-order valence-electron chi connectivity index (χ4n) is 4.51. The SMILES string of the molecule is CCOc1cc2c(cc1OC)C(c1cnc(=O)n(C)c1)=N[C@@H]1CC[C@@H](O)C[C@H]21.O=C(O)[C@@H](O)[C@H](O)C(=O)O. The summed E-state index contributed by atoms with van der Waals surface area (Å²) in [7, 11) is 3.30. The van der Waals surface area contributed by atoms with Gasteiger partial charge < -0.3 is 39.6 Å². The number of carboxylic acid groups (broad SMARTS) is 2. The standard InChI is InChI=1S/C21H25N3O4.C4H6O6/c1-4-28-19-8-14-15-7-13(25)5-6-17(15)23-20(16(14)9-18(19)27-3)12-10-22-21(26)24(2)11-12;5-1(3(7)8)2(6)4(9)10/h8-11,13,15,17,25H,4-7H2,1-3H3;1-2,5-6H,(H,7,8)(H,9,10)/t13-,15-,17-;1-,2-/m10/s1. The van der Waals surface area contributed by atoms with Gasteiger partial charge in [-0.3, -0.25) is 4.99 Å². The summed E-state index contributed by atoms with van der Waals surface area (Å²) in [4.78, 5) is 40.3. The average Bonchev–Trinajstić information content (AvgIpc) is 2.89. The minimum Gasteiger partial charge on any atom is -0.493 e. The Labute approximate surface area is 217 Å². The van der Waals surface area contributed by atoms with E-state index in [0.29, 0.717) is 24.5 Å². The molecule has 0 amide bonds. The number of carboxylic acids is 2. The highest BCUT2D eigenvalue weighted by molar-refractivity contribution is 6.14. The Morgan fingerprint density at radius 3 is 2.34 bits per heavy atom. The molecule has 13 nitrogen and oxygen atoms in total. The zero-order chi connectivity index (χ0) is 28.1. The summed E-state index contributed by atoms with van der Waals surface area (Å²) in [6, 6.07) is 4.06. The minimum absolute atomic E-state index is 0.0889. The number of aliphatic hydroxyl groups is 3. The fourth-order valence-corrected chi connectivity index (χ4v) is 4.51. The number of aliphatic hydroxyl groups excluding tert-OH is 3. The lowest BCUT2D eigenvalue weighted by Gasteiger charge is -2.37. The first-order valence-electron chi connectivity index (χ1n) is 11.9. The summed E-state index contributed by atoms with van der Waals surface area (Å²) < 4.78 is 12.8. The molecule has 2 aromatic rings. The van der Waals surface area contributed by atoms with Crippen LogP contribution in [0.2, 0.25) is 0 Å². The first-order chi connectivity index (χ1) is 18.0. The predicted molar refractivity (Wildman–Crippen MR) is 133 cm³/mol. The molecule has 0 spiro atoms. The molecule has 5 atom stereocenters. The van der Waals surface area contributed by atoms with Crippen LogP contribution in [0.4, 0.5) is 0 Å². The van der Waals surface area contributed by atoms with E-state index in [2.05, 4.69) is 4.98 Å². The number of hydrogen-bond donors (Lipinski definition) is 5. The third-order valence-electron chi connectivity index (χ3n) is 6.40. The number of aryl methyl sites for hydroxylation is 1. The highest BCUT2D eigenvalue weighted by atomic mass is 16.5. The number of benzene rings is 1. The van der Waals surface area contributed by atoms with Gasteiger partial charge in [0, 0.05) is 36.5 Å². The van der Waals surface area contributed by atoms with Crippen molar-refractivity contribution in [3.05, 3.63) is 51.7 Å². The second-order valence-electron chi connectivity index (χ2n) is 8.94. The highest BCUT2D eigenvalue weighted by Gasteiger charge is 2.37. The molecule has 38 heavy (non-hydrogen) atoms. The summed E-state index contributed by atoms with van der Waals surface area (Å²) in [6.45, 7) is 2.48. The van der Waals surface area contributed by atoms with Gasteiger partial charge in [-0.15, -0.1) is 0 Å². The van der Waals surface area contributed by atoms with Crippen LogP contribution < -0.4 is 15.2 Å². The normalized spacial score (nSPS) is 21.4. The van der Waals surface area contributed by atoms with Gasteiger partial charge in [0.2, 0.25) is 0 Å². The number of methoxy groups -OCH3 is 1. The van der Waals surface area contributed by atoms with Crippen LogP contribution in [0.25, 0.3) is 0 Å². The van der Waals surface area contributed by atoms with Crippen LogP contribution in [-0.2, 0) is 16.6 Å². The lowest BCUT2D eigenvalue weighted by molar-refractivity contribution is -0.165. The zero-order valence-electron chi connectivity index (χ0n) is 21.1. The van der Waals surface area contributed by atoms with Crippen LogP contribution in [0.1, 0.15) is 48.8 Å². The van der Waals surface area contributed by atoms with Gasteiger partial charge in [-0.2, -0.15) is 0 Å². The Balaban J connectivity index is 0.000000342. The van der Waals surface area contributed by atoms with E-state index in [4.69, 9.17) is 34.9 Å². The van der Waals surface area contributed by atoms with Gasteiger partial charge in [-0.25, -0.2) is 19.4 Å². The number of fused-ring (bicyclic) bond motifs is 3. The third-order valence-corrected chi connectivity index (χ3v) is 6.40. The highest BCUT2D eigenvalue weighted by Crippen LogP contribution is 2.44. The van der Waals surface area contributed by atoms with Gasteiger partial charge in [0.05, 0.1) is 31.6 Å². The largest absolute Gasteiger partial charge is 0.493 e. The molecule has 4 rings (SSSR count). The van der Waals surface area contributed by atoms with Crippen LogP contribution >= 0.6 is 0 Å². The van der Waals surface area contributed by atoms with E-state index < -0.39 is 24.1 Å². The summed E-state index contributed by atoms with van der Waals surface area (Å²) in [6.07, 6.45) is 0.734. The molecule has 206 valence electrons. The molecule has 0 radical (unpaired) electrons. The predicted octanol–water partition coefficient (Wildman–Crippen LogP) is -0.0870. The van der Waals surface area contributed by atoms with Crippen molar-refractivity contribution < 1.29 is 44.6 Å². The molecular weight excluding hydrogens is 502 g/mol. The van der Waals surface area contributed by atoms with E-state index in [1.165, 1.54) is 4.57 Å². The third kappa shape index (κ3) is 6.18. The van der Waals surface area contributed by atoms with Crippen molar-refractivity contribution in [2.75, 3.05) is 13.7 Å². The number of carbonyl (C=O) groups is 2. The average molecular weight is 534 g/mol. The molecule has 1 aliphatic carbocycles. The number of aromatic nitrogens is 2. The molecule has 5 N–H and O–H groups in total. The summed E-state index contributed by atoms with van der Waals surface area (Å²) >= 11 is 0. The van der Waals surface area contributed by atoms with E-state index in [1.54, 1.807) is 26.6 Å². The molecule has 1 aromatic heterocycles. The van der Waals surface area contributed by atoms with E-state index in [0.717, 1.165) is 35.2 Å². The van der Waals surface area contributed by atoms with Crippen molar-refractivity contribution in [3.63, 3.8) is 0 Å². The van der Waals surface area contributed by atoms with Gasteiger partial charge in [0.25, 0.3) is 0 Å². The van der Waals surface area contributed by atoms with Crippen LogP contribution in [0.15, 0.2) is 34.3 Å². The molecule has 2 heterocycles. The van der Waals surface area contributed by atoms with Crippen molar-refractivity contribution in [2.24, 2.45) is 12.0 Å². The molecule has 0 unspecified atom stereocenters. The Morgan fingerprint density at radius 2 is 1.79 bits per heavy atom. The van der Waals surface area contributed by atoms with Crippen LogP contribution in [-0.4, -0.2) is 90.8 Å². The molecule has 1 aliphatic heterocycles. The van der Waals surface area contributed by atoms with Crippen molar-refractivity contribution in [3.8, 4) is 11.5 Å².